The Hall–Kier alpha value is -2.83. The molecule has 4 aromatic rings. The highest BCUT2D eigenvalue weighted by Crippen LogP contribution is 2.27. The molecule has 0 atom stereocenters. The van der Waals surface area contributed by atoms with Crippen LogP contribution in [0, 0.1) is 0 Å². The van der Waals surface area contributed by atoms with Crippen molar-refractivity contribution in [2.24, 2.45) is 0 Å². The summed E-state index contributed by atoms with van der Waals surface area (Å²) in [4.78, 5) is 7.78. The third-order valence-corrected chi connectivity index (χ3v) is 5.57. The Morgan fingerprint density at radius 1 is 0.885 bits per heavy atom. The number of anilines is 1. The van der Waals surface area contributed by atoms with Gasteiger partial charge >= 0.3 is 0 Å². The molecule has 1 heterocycles. The molecule has 0 fully saturated rings. The maximum absolute atomic E-state index is 12.8. The van der Waals surface area contributed by atoms with Crippen molar-refractivity contribution in [2.75, 3.05) is 4.72 Å². The van der Waals surface area contributed by atoms with E-state index in [4.69, 9.17) is 11.6 Å². The van der Waals surface area contributed by atoms with Gasteiger partial charge in [-0.2, -0.15) is 0 Å². The number of nitrogens with one attached hydrogen (secondary N) is 2. The highest BCUT2D eigenvalue weighted by Gasteiger charge is 2.20. The van der Waals surface area contributed by atoms with Gasteiger partial charge in [-0.1, -0.05) is 35.9 Å². The summed E-state index contributed by atoms with van der Waals surface area (Å²) in [6.07, 6.45) is 0. The van der Waals surface area contributed by atoms with E-state index in [1.807, 2.05) is 18.2 Å². The van der Waals surface area contributed by atoms with Gasteiger partial charge in [0.2, 0.25) is 0 Å². The topological polar surface area (TPSA) is 74.8 Å². The first-order valence-corrected chi connectivity index (χ1v) is 9.71. The maximum atomic E-state index is 12.8. The van der Waals surface area contributed by atoms with Crippen molar-refractivity contribution in [2.45, 2.75) is 4.90 Å². The van der Waals surface area contributed by atoms with Gasteiger partial charge in [-0.25, -0.2) is 13.4 Å². The van der Waals surface area contributed by atoms with Crippen LogP contribution in [0.5, 0.6) is 0 Å². The highest BCUT2D eigenvalue weighted by molar-refractivity contribution is 7.93. The molecule has 0 spiro atoms. The summed E-state index contributed by atoms with van der Waals surface area (Å²) < 4.78 is 28.2. The first-order valence-electron chi connectivity index (χ1n) is 7.85. The van der Waals surface area contributed by atoms with Crippen LogP contribution in [-0.2, 0) is 10.0 Å². The number of aromatic nitrogens is 2. The van der Waals surface area contributed by atoms with Crippen LogP contribution in [0.3, 0.4) is 0 Å². The van der Waals surface area contributed by atoms with E-state index in [0.717, 1.165) is 5.56 Å². The zero-order valence-corrected chi connectivity index (χ0v) is 15.1. The molecule has 0 saturated heterocycles. The van der Waals surface area contributed by atoms with E-state index in [-0.39, 0.29) is 4.90 Å². The first kappa shape index (κ1) is 16.6. The number of halogens is 1. The fraction of sp³-hybridized carbons (Fsp3) is 0. The summed E-state index contributed by atoms with van der Waals surface area (Å²) in [5.41, 5.74) is 2.36. The highest BCUT2D eigenvalue weighted by atomic mass is 35.5. The van der Waals surface area contributed by atoms with Crippen molar-refractivity contribution in [3.63, 3.8) is 0 Å². The predicted molar refractivity (Wildman–Crippen MR) is 104 cm³/mol. The Kier molecular flexibility index (Phi) is 4.14. The molecule has 0 bridgehead atoms. The zero-order valence-electron chi connectivity index (χ0n) is 13.5. The Balaban J connectivity index is 1.79. The molecule has 26 heavy (non-hydrogen) atoms. The molecule has 0 radical (unpaired) electrons. The maximum Gasteiger partial charge on any atom is 0.264 e. The van der Waals surface area contributed by atoms with E-state index >= 15 is 0 Å². The molecule has 0 amide bonds. The van der Waals surface area contributed by atoms with Gasteiger partial charge in [0.1, 0.15) is 16.2 Å². The second-order valence-electron chi connectivity index (χ2n) is 5.72. The number of aromatic amines is 1. The van der Waals surface area contributed by atoms with E-state index in [9.17, 15) is 8.42 Å². The fourth-order valence-corrected chi connectivity index (χ4v) is 4.03. The zero-order chi connectivity index (χ0) is 18.1. The predicted octanol–water partition coefficient (Wildman–Crippen LogP) is 4.68. The summed E-state index contributed by atoms with van der Waals surface area (Å²) >= 11 is 5.92. The van der Waals surface area contributed by atoms with Gasteiger partial charge in [-0.05, 0) is 48.5 Å². The van der Waals surface area contributed by atoms with E-state index < -0.39 is 10.0 Å². The summed E-state index contributed by atoms with van der Waals surface area (Å²) in [6.45, 7) is 0. The largest absolute Gasteiger partial charge is 0.338 e. The fourth-order valence-electron chi connectivity index (χ4n) is 2.68. The summed E-state index contributed by atoms with van der Waals surface area (Å²) in [6, 6.07) is 21.0. The molecule has 5 nitrogen and oxygen atoms in total. The minimum atomic E-state index is -3.77. The number of imidazole rings is 1. The normalized spacial score (nSPS) is 11.6. The van der Waals surface area contributed by atoms with Gasteiger partial charge in [-0.15, -0.1) is 0 Å². The summed E-state index contributed by atoms with van der Waals surface area (Å²) in [7, 11) is -3.77. The average molecular weight is 384 g/mol. The van der Waals surface area contributed by atoms with E-state index in [2.05, 4.69) is 14.7 Å². The minimum absolute atomic E-state index is 0.121. The van der Waals surface area contributed by atoms with E-state index in [0.29, 0.717) is 27.6 Å². The third-order valence-electron chi connectivity index (χ3n) is 3.91. The van der Waals surface area contributed by atoms with Gasteiger partial charge in [0, 0.05) is 16.3 Å². The number of hydrogen-bond acceptors (Lipinski definition) is 3. The summed E-state index contributed by atoms with van der Waals surface area (Å²) in [5.74, 6) is 0.582. The van der Waals surface area contributed by atoms with Gasteiger partial charge in [0.05, 0.1) is 5.52 Å². The number of fused-ring (bicyclic) bond motifs is 1. The van der Waals surface area contributed by atoms with Gasteiger partial charge in [0.15, 0.2) is 0 Å². The second kappa shape index (κ2) is 6.48. The van der Waals surface area contributed by atoms with Crippen LogP contribution in [0.25, 0.3) is 22.4 Å². The minimum Gasteiger partial charge on any atom is -0.338 e. The lowest BCUT2D eigenvalue weighted by Crippen LogP contribution is -2.13. The summed E-state index contributed by atoms with van der Waals surface area (Å²) in [5, 5.41) is 0.625. The van der Waals surface area contributed by atoms with Crippen LogP contribution in [0.4, 0.5) is 5.69 Å². The first-order chi connectivity index (χ1) is 12.5. The number of rotatable bonds is 4. The van der Waals surface area contributed by atoms with Crippen molar-refractivity contribution in [3.05, 3.63) is 77.8 Å². The monoisotopic (exact) mass is 383 g/mol. The number of para-hydroxylation sites is 2. The van der Waals surface area contributed by atoms with Crippen LogP contribution in [0.15, 0.2) is 77.7 Å². The van der Waals surface area contributed by atoms with Crippen LogP contribution >= 0.6 is 11.6 Å². The number of sulfonamides is 1. The molecule has 7 heteroatoms. The van der Waals surface area contributed by atoms with Gasteiger partial charge in [-0.3, -0.25) is 4.72 Å². The molecule has 0 aliphatic heterocycles. The molecule has 0 aliphatic rings. The number of hydrogen-bond donors (Lipinski definition) is 2. The van der Waals surface area contributed by atoms with E-state index in [1.165, 1.54) is 0 Å². The molecular weight excluding hydrogens is 370 g/mol. The molecule has 0 saturated carbocycles. The Morgan fingerprint density at radius 2 is 1.62 bits per heavy atom. The molecule has 0 aliphatic carbocycles. The van der Waals surface area contributed by atoms with Crippen LogP contribution in [-0.4, -0.2) is 18.4 Å². The number of benzene rings is 3. The SMILES string of the molecule is O=S(=O)(Nc1ccccc1)c1cccc2[nH]c(-c3ccc(Cl)cc3)nc12. The number of H-pyrrole nitrogens is 1. The molecule has 1 aromatic heterocycles. The quantitative estimate of drug-likeness (QED) is 0.537. The van der Waals surface area contributed by atoms with Crippen LogP contribution < -0.4 is 4.72 Å². The van der Waals surface area contributed by atoms with Gasteiger partial charge in [0.25, 0.3) is 10.0 Å². The Labute approximate surface area is 155 Å². The lowest BCUT2D eigenvalue weighted by molar-refractivity contribution is 0.602. The molecule has 3 aromatic carbocycles. The van der Waals surface area contributed by atoms with Crippen molar-refractivity contribution in [1.82, 2.24) is 9.97 Å². The molecule has 2 N–H and O–H groups in total. The third kappa shape index (κ3) is 3.16. The van der Waals surface area contributed by atoms with Crippen molar-refractivity contribution in [1.29, 1.82) is 0 Å². The standard InChI is InChI=1S/C19H14ClN3O2S/c20-14-11-9-13(10-12-14)19-21-16-7-4-8-17(18(16)22-19)26(24,25)23-15-5-2-1-3-6-15/h1-12,23H,(H,21,22). The van der Waals surface area contributed by atoms with Gasteiger partial charge < -0.3 is 4.98 Å². The van der Waals surface area contributed by atoms with Crippen LogP contribution in [0.2, 0.25) is 5.02 Å². The lowest BCUT2D eigenvalue weighted by atomic mass is 10.2. The molecular formula is C19H14ClN3O2S. The molecule has 4 rings (SSSR count). The lowest BCUT2D eigenvalue weighted by Gasteiger charge is -2.08. The van der Waals surface area contributed by atoms with E-state index in [1.54, 1.807) is 54.6 Å². The van der Waals surface area contributed by atoms with Crippen molar-refractivity contribution >= 4 is 38.3 Å². The Morgan fingerprint density at radius 3 is 2.35 bits per heavy atom. The molecule has 0 unspecified atom stereocenters. The molecule has 130 valence electrons. The Bertz CT molecular complexity index is 1170. The van der Waals surface area contributed by atoms with Crippen LogP contribution in [0.1, 0.15) is 0 Å². The average Bonchev–Trinajstić information content (AvgIpc) is 3.06. The van der Waals surface area contributed by atoms with Crippen molar-refractivity contribution < 1.29 is 8.42 Å². The van der Waals surface area contributed by atoms with Crippen molar-refractivity contribution in [3.8, 4) is 11.4 Å². The second-order valence-corrected chi connectivity index (χ2v) is 7.80. The smallest absolute Gasteiger partial charge is 0.264 e. The number of nitrogens with zero attached hydrogens (tertiary/aromatic N) is 1.